The molecule has 0 bridgehead atoms. The zero-order chi connectivity index (χ0) is 16.1. The molecule has 0 spiro atoms. The third-order valence-electron chi connectivity index (χ3n) is 4.81. The summed E-state index contributed by atoms with van der Waals surface area (Å²) >= 11 is 0. The minimum atomic E-state index is 0.298. The van der Waals surface area contributed by atoms with E-state index in [-0.39, 0.29) is 0 Å². The number of likely N-dealkylation sites (tertiary alicyclic amines) is 1. The van der Waals surface area contributed by atoms with Crippen LogP contribution in [0.2, 0.25) is 0 Å². The normalized spacial score (nSPS) is 18.1. The van der Waals surface area contributed by atoms with Crippen molar-refractivity contribution in [2.24, 2.45) is 0 Å². The minimum Gasteiger partial charge on any atom is -0.342 e. The molecule has 4 nitrogen and oxygen atoms in total. The van der Waals surface area contributed by atoms with E-state index >= 15 is 0 Å². The Bertz CT molecular complexity index is 636. The lowest BCUT2D eigenvalue weighted by molar-refractivity contribution is -0.132. The molecule has 2 heterocycles. The first kappa shape index (κ1) is 15.8. The van der Waals surface area contributed by atoms with Crippen molar-refractivity contribution in [1.82, 2.24) is 15.1 Å². The highest BCUT2D eigenvalue weighted by atomic mass is 16.2. The summed E-state index contributed by atoms with van der Waals surface area (Å²) in [6.07, 6.45) is 8.46. The average molecular weight is 311 g/mol. The molecule has 1 aromatic carbocycles. The lowest BCUT2D eigenvalue weighted by Gasteiger charge is -2.33. The fraction of sp³-hybridized carbons (Fsp3) is 0.474. The zero-order valence-corrected chi connectivity index (χ0v) is 13.8. The number of hydrogen-bond acceptors (Lipinski definition) is 2. The van der Waals surface area contributed by atoms with E-state index in [9.17, 15) is 4.79 Å². The lowest BCUT2D eigenvalue weighted by atomic mass is 9.88. The Hall–Kier alpha value is -2.10. The van der Waals surface area contributed by atoms with Gasteiger partial charge in [-0.2, -0.15) is 5.10 Å². The Morgan fingerprint density at radius 1 is 1.39 bits per heavy atom. The van der Waals surface area contributed by atoms with Gasteiger partial charge in [0.1, 0.15) is 0 Å². The van der Waals surface area contributed by atoms with E-state index in [1.165, 1.54) is 23.1 Å². The molecule has 1 fully saturated rings. The first-order valence-electron chi connectivity index (χ1n) is 8.55. The molecule has 1 atom stereocenters. The van der Waals surface area contributed by atoms with E-state index in [0.717, 1.165) is 32.4 Å². The van der Waals surface area contributed by atoms with Crippen molar-refractivity contribution < 1.29 is 4.79 Å². The number of aromatic amines is 1. The number of nitrogens with zero attached hydrogens (tertiary/aromatic N) is 2. The fourth-order valence-corrected chi connectivity index (χ4v) is 3.52. The van der Waals surface area contributed by atoms with Crippen molar-refractivity contribution in [2.45, 2.75) is 44.9 Å². The highest BCUT2D eigenvalue weighted by Crippen LogP contribution is 2.29. The van der Waals surface area contributed by atoms with Gasteiger partial charge in [0.2, 0.25) is 5.91 Å². The van der Waals surface area contributed by atoms with Gasteiger partial charge in [0, 0.05) is 31.6 Å². The number of carbonyl (C=O) groups excluding carboxylic acids is 1. The summed E-state index contributed by atoms with van der Waals surface area (Å²) in [5, 5.41) is 6.76. The molecule has 1 amide bonds. The second-order valence-corrected chi connectivity index (χ2v) is 6.50. The van der Waals surface area contributed by atoms with Crippen LogP contribution in [0.4, 0.5) is 0 Å². The van der Waals surface area contributed by atoms with Crippen LogP contribution in [-0.2, 0) is 11.2 Å². The maximum Gasteiger partial charge on any atom is 0.222 e. The summed E-state index contributed by atoms with van der Waals surface area (Å²) in [4.78, 5) is 14.6. The van der Waals surface area contributed by atoms with Crippen LogP contribution in [0.1, 0.15) is 48.3 Å². The molecule has 0 saturated carbocycles. The summed E-state index contributed by atoms with van der Waals surface area (Å²) in [6, 6.07) is 8.57. The molecule has 1 aliphatic heterocycles. The van der Waals surface area contributed by atoms with Crippen molar-refractivity contribution in [3.8, 4) is 0 Å². The largest absolute Gasteiger partial charge is 0.342 e. The Labute approximate surface area is 137 Å². The maximum absolute atomic E-state index is 12.5. The minimum absolute atomic E-state index is 0.298. The van der Waals surface area contributed by atoms with Crippen LogP contribution < -0.4 is 0 Å². The van der Waals surface area contributed by atoms with Crippen LogP contribution in [0.15, 0.2) is 36.7 Å². The van der Waals surface area contributed by atoms with Gasteiger partial charge in [-0.15, -0.1) is 0 Å². The van der Waals surface area contributed by atoms with Gasteiger partial charge in [-0.25, -0.2) is 0 Å². The predicted molar refractivity (Wildman–Crippen MR) is 91.3 cm³/mol. The van der Waals surface area contributed by atoms with Crippen LogP contribution in [-0.4, -0.2) is 34.1 Å². The first-order valence-corrected chi connectivity index (χ1v) is 8.55. The van der Waals surface area contributed by atoms with Crippen molar-refractivity contribution in [3.63, 3.8) is 0 Å². The van der Waals surface area contributed by atoms with Gasteiger partial charge in [0.15, 0.2) is 0 Å². The van der Waals surface area contributed by atoms with Gasteiger partial charge in [-0.3, -0.25) is 9.89 Å². The predicted octanol–water partition coefficient (Wildman–Crippen LogP) is 3.45. The molecule has 1 N–H and O–H groups in total. The summed E-state index contributed by atoms with van der Waals surface area (Å²) in [5.41, 5.74) is 3.92. The quantitative estimate of drug-likeness (QED) is 0.919. The van der Waals surface area contributed by atoms with Crippen LogP contribution in [0.3, 0.4) is 0 Å². The third kappa shape index (κ3) is 4.01. The number of benzene rings is 1. The monoisotopic (exact) mass is 311 g/mol. The number of carbonyl (C=O) groups is 1. The van der Waals surface area contributed by atoms with Gasteiger partial charge >= 0.3 is 0 Å². The number of aryl methyl sites for hydroxylation is 2. The van der Waals surface area contributed by atoms with E-state index in [1.54, 1.807) is 0 Å². The van der Waals surface area contributed by atoms with Crippen LogP contribution >= 0.6 is 0 Å². The molecule has 122 valence electrons. The van der Waals surface area contributed by atoms with Crippen molar-refractivity contribution >= 4 is 5.91 Å². The summed E-state index contributed by atoms with van der Waals surface area (Å²) in [5.74, 6) is 0.787. The molecule has 4 heteroatoms. The molecular formula is C19H25N3O. The van der Waals surface area contributed by atoms with Crippen LogP contribution in [0, 0.1) is 6.92 Å². The molecule has 23 heavy (non-hydrogen) atoms. The Balaban J connectivity index is 1.53. The van der Waals surface area contributed by atoms with Gasteiger partial charge in [-0.05, 0) is 49.3 Å². The molecule has 2 aromatic rings. The van der Waals surface area contributed by atoms with E-state index in [0.29, 0.717) is 18.2 Å². The van der Waals surface area contributed by atoms with Gasteiger partial charge < -0.3 is 4.90 Å². The summed E-state index contributed by atoms with van der Waals surface area (Å²) in [6.45, 7) is 3.95. The molecular weight excluding hydrogens is 286 g/mol. The molecule has 1 saturated heterocycles. The van der Waals surface area contributed by atoms with Crippen LogP contribution in [0.25, 0.3) is 0 Å². The van der Waals surface area contributed by atoms with Gasteiger partial charge in [0.05, 0.1) is 6.20 Å². The van der Waals surface area contributed by atoms with Crippen molar-refractivity contribution in [2.75, 3.05) is 13.1 Å². The number of hydrogen-bond donors (Lipinski definition) is 1. The number of rotatable bonds is 5. The SMILES string of the molecule is Cc1ccccc1[C@H]1CCCN(C(=O)CCCc2cn[nH]c2)C1. The summed E-state index contributed by atoms with van der Waals surface area (Å²) < 4.78 is 0. The number of amides is 1. The number of piperidine rings is 1. The van der Waals surface area contributed by atoms with Gasteiger partial charge in [-0.1, -0.05) is 24.3 Å². The molecule has 0 aliphatic carbocycles. The summed E-state index contributed by atoms with van der Waals surface area (Å²) in [7, 11) is 0. The first-order chi connectivity index (χ1) is 11.2. The molecule has 0 unspecified atom stereocenters. The Kier molecular flexibility index (Phi) is 5.11. The smallest absolute Gasteiger partial charge is 0.222 e. The Morgan fingerprint density at radius 3 is 3.04 bits per heavy atom. The molecule has 3 rings (SSSR count). The van der Waals surface area contributed by atoms with Crippen molar-refractivity contribution in [3.05, 3.63) is 53.3 Å². The van der Waals surface area contributed by atoms with Crippen LogP contribution in [0.5, 0.6) is 0 Å². The maximum atomic E-state index is 12.5. The average Bonchev–Trinajstić information content (AvgIpc) is 3.09. The number of nitrogens with one attached hydrogen (secondary N) is 1. The zero-order valence-electron chi connectivity index (χ0n) is 13.8. The number of H-pyrrole nitrogens is 1. The van der Waals surface area contributed by atoms with E-state index in [1.807, 2.05) is 12.4 Å². The highest BCUT2D eigenvalue weighted by Gasteiger charge is 2.25. The van der Waals surface area contributed by atoms with E-state index in [4.69, 9.17) is 0 Å². The highest BCUT2D eigenvalue weighted by molar-refractivity contribution is 5.76. The third-order valence-corrected chi connectivity index (χ3v) is 4.81. The van der Waals surface area contributed by atoms with Crippen molar-refractivity contribution in [1.29, 1.82) is 0 Å². The second-order valence-electron chi connectivity index (χ2n) is 6.50. The Morgan fingerprint density at radius 2 is 2.26 bits per heavy atom. The topological polar surface area (TPSA) is 49.0 Å². The lowest BCUT2D eigenvalue weighted by Crippen LogP contribution is -2.39. The van der Waals surface area contributed by atoms with E-state index in [2.05, 4.69) is 46.3 Å². The standard InChI is InChI=1S/C19H25N3O/c1-15-6-2-3-9-18(15)17-8-5-11-22(14-17)19(23)10-4-7-16-12-20-21-13-16/h2-3,6,9,12-13,17H,4-5,7-8,10-11,14H2,1H3,(H,20,21)/t17-/m0/s1. The van der Waals surface area contributed by atoms with Gasteiger partial charge in [0.25, 0.3) is 0 Å². The molecule has 0 radical (unpaired) electrons. The number of aromatic nitrogens is 2. The molecule has 1 aliphatic rings. The second kappa shape index (κ2) is 7.44. The fourth-order valence-electron chi connectivity index (χ4n) is 3.52. The van der Waals surface area contributed by atoms with E-state index < -0.39 is 0 Å². The molecule has 1 aromatic heterocycles.